The van der Waals surface area contributed by atoms with Crippen LogP contribution in [0, 0.1) is 11.8 Å². The fourth-order valence-corrected chi connectivity index (χ4v) is 3.94. The second kappa shape index (κ2) is 6.06. The van der Waals surface area contributed by atoms with Gasteiger partial charge >= 0.3 is 6.09 Å². The van der Waals surface area contributed by atoms with Crippen LogP contribution in [-0.4, -0.2) is 38.9 Å². The average Bonchev–Trinajstić information content (AvgIpc) is 2.77. The molecule has 1 aromatic rings. The van der Waals surface area contributed by atoms with Crippen LogP contribution >= 0.6 is 11.8 Å². The molecule has 1 saturated heterocycles. The van der Waals surface area contributed by atoms with Crippen molar-refractivity contribution in [3.05, 3.63) is 35.9 Å². The Bertz CT molecular complexity index is 647. The van der Waals surface area contributed by atoms with Crippen LogP contribution < -0.4 is 0 Å². The van der Waals surface area contributed by atoms with E-state index in [4.69, 9.17) is 11.8 Å². The van der Waals surface area contributed by atoms with Gasteiger partial charge < -0.3 is 5.11 Å². The molecule has 6 heteroatoms. The van der Waals surface area contributed by atoms with E-state index in [1.54, 1.807) is 51.1 Å². The molecular weight excluding hydrogens is 318 g/mol. The van der Waals surface area contributed by atoms with Gasteiger partial charge in [-0.15, -0.1) is 4.00 Å². The minimum Gasteiger partial charge on any atom is -0.434 e. The van der Waals surface area contributed by atoms with Crippen LogP contribution in [0.25, 0.3) is 0 Å². The Labute approximate surface area is 140 Å². The number of hydrogen-bond acceptors (Lipinski definition) is 3. The van der Waals surface area contributed by atoms with Crippen molar-refractivity contribution >= 4 is 29.4 Å². The summed E-state index contributed by atoms with van der Waals surface area (Å²) in [6.07, 6.45) is -1.13. The molecule has 2 rings (SSSR count). The number of Topliss-reactive ketones (excluding diaryl/α,β-unsaturated/α-hetero) is 2. The molecule has 3 unspecified atom stereocenters. The van der Waals surface area contributed by atoms with Gasteiger partial charge in [-0.1, -0.05) is 44.2 Å². The van der Waals surface area contributed by atoms with E-state index in [0.29, 0.717) is 5.56 Å². The highest BCUT2D eigenvalue weighted by Gasteiger charge is 2.70. The number of ketones is 2. The number of nitrogens with zero attached hydrogens (tertiary/aromatic N) is 1. The summed E-state index contributed by atoms with van der Waals surface area (Å²) < 4.78 is -0.968. The van der Waals surface area contributed by atoms with Crippen LogP contribution in [0.2, 0.25) is 0 Å². The molecule has 1 fully saturated rings. The number of hydrogen-bond donors (Lipinski definition) is 1. The highest BCUT2D eigenvalue weighted by Crippen LogP contribution is 2.49. The number of amides is 1. The van der Waals surface area contributed by atoms with E-state index in [0.717, 1.165) is 0 Å². The van der Waals surface area contributed by atoms with Crippen LogP contribution in [0.3, 0.4) is 0 Å². The monoisotopic (exact) mass is 338 g/mol. The first-order valence-electron chi connectivity index (χ1n) is 7.64. The average molecular weight is 339 g/mol. The van der Waals surface area contributed by atoms with Crippen LogP contribution in [0.5, 0.6) is 0 Å². The Kier molecular flexibility index (Phi) is 4.64. The first kappa shape index (κ1) is 17.6. The molecule has 1 N–H and O–H groups in total. The molecule has 1 amide bonds. The van der Waals surface area contributed by atoms with Gasteiger partial charge in [-0.05, 0) is 0 Å². The number of rotatable bonds is 4. The molecule has 0 aromatic heterocycles. The van der Waals surface area contributed by atoms with Crippen molar-refractivity contribution in [1.82, 2.24) is 0 Å². The minimum absolute atomic E-state index is 0.103. The highest BCUT2D eigenvalue weighted by molar-refractivity contribution is 6.14. The van der Waals surface area contributed by atoms with E-state index in [2.05, 4.69) is 0 Å². The molecule has 0 aliphatic carbocycles. The maximum atomic E-state index is 12.8. The van der Waals surface area contributed by atoms with Crippen LogP contribution in [0.15, 0.2) is 30.3 Å². The highest BCUT2D eigenvalue weighted by atomic mass is 35.5. The molecular formula is C17H21ClNO4+. The third-order valence-corrected chi connectivity index (χ3v) is 5.89. The fourth-order valence-electron chi connectivity index (χ4n) is 3.55. The Morgan fingerprint density at radius 1 is 1.30 bits per heavy atom. The number of quaternary nitrogens is 1. The van der Waals surface area contributed by atoms with E-state index in [-0.39, 0.29) is 24.5 Å². The van der Waals surface area contributed by atoms with E-state index in [1.165, 1.54) is 0 Å². The summed E-state index contributed by atoms with van der Waals surface area (Å²) in [5.74, 6) is -1.51. The molecule has 0 bridgehead atoms. The Balaban J connectivity index is 2.49. The Morgan fingerprint density at radius 3 is 2.35 bits per heavy atom. The summed E-state index contributed by atoms with van der Waals surface area (Å²) in [6.45, 7) is 4.87. The quantitative estimate of drug-likeness (QED) is 0.673. The number of carbonyl (C=O) groups is 3. The number of halogens is 1. The SMILES string of the molecule is CCC(=O)[C@@]1(C)C(C)C(C(=O)c2ccccc2)C[N+]1(Cl)C(=O)O. The lowest BCUT2D eigenvalue weighted by molar-refractivity contribution is -0.773. The van der Waals surface area contributed by atoms with Gasteiger partial charge in [0.05, 0.1) is 5.92 Å². The zero-order valence-corrected chi connectivity index (χ0v) is 14.2. The molecule has 1 aliphatic heterocycles. The van der Waals surface area contributed by atoms with Crippen molar-refractivity contribution in [3.8, 4) is 0 Å². The third-order valence-electron chi connectivity index (χ3n) is 5.26. The second-order valence-corrected chi connectivity index (χ2v) is 6.81. The first-order valence-corrected chi connectivity index (χ1v) is 7.97. The lowest BCUT2D eigenvalue weighted by Gasteiger charge is -2.35. The molecule has 5 nitrogen and oxygen atoms in total. The van der Waals surface area contributed by atoms with Crippen molar-refractivity contribution in [1.29, 1.82) is 0 Å². The van der Waals surface area contributed by atoms with Crippen molar-refractivity contribution in [2.24, 2.45) is 11.8 Å². The van der Waals surface area contributed by atoms with Crippen LogP contribution in [0.4, 0.5) is 4.79 Å². The maximum absolute atomic E-state index is 12.8. The molecule has 4 atom stereocenters. The van der Waals surface area contributed by atoms with Crippen molar-refractivity contribution < 1.29 is 23.5 Å². The maximum Gasteiger partial charge on any atom is 0.532 e. The summed E-state index contributed by atoms with van der Waals surface area (Å²) >= 11 is 6.37. The van der Waals surface area contributed by atoms with Gasteiger partial charge in [-0.2, -0.15) is 4.79 Å². The summed E-state index contributed by atoms with van der Waals surface area (Å²) in [5.41, 5.74) is -0.830. The Morgan fingerprint density at radius 2 is 1.87 bits per heavy atom. The lowest BCUT2D eigenvalue weighted by atomic mass is 9.76. The second-order valence-electron chi connectivity index (χ2n) is 6.23. The van der Waals surface area contributed by atoms with Gasteiger partial charge in [0.15, 0.2) is 28.9 Å². The molecule has 0 saturated carbocycles. The van der Waals surface area contributed by atoms with E-state index < -0.39 is 27.5 Å². The lowest BCUT2D eigenvalue weighted by Crippen LogP contribution is -2.61. The zero-order chi connectivity index (χ0) is 17.4. The number of benzene rings is 1. The molecule has 1 aromatic carbocycles. The summed E-state index contributed by atoms with van der Waals surface area (Å²) in [6, 6.07) is 8.69. The van der Waals surface area contributed by atoms with E-state index in [1.807, 2.05) is 0 Å². The zero-order valence-electron chi connectivity index (χ0n) is 13.5. The number of likely N-dealkylation sites (tertiary alicyclic amines) is 1. The smallest absolute Gasteiger partial charge is 0.434 e. The van der Waals surface area contributed by atoms with E-state index in [9.17, 15) is 19.5 Å². The molecule has 1 heterocycles. The molecule has 0 radical (unpaired) electrons. The summed E-state index contributed by atoms with van der Waals surface area (Å²) in [4.78, 5) is 37.1. The number of carboxylic acid groups (broad SMARTS) is 1. The van der Waals surface area contributed by atoms with Gasteiger partial charge in [-0.3, -0.25) is 9.59 Å². The normalized spacial score (nSPS) is 33.4. The first-order chi connectivity index (χ1) is 10.7. The van der Waals surface area contributed by atoms with Gasteiger partial charge in [0.2, 0.25) is 0 Å². The van der Waals surface area contributed by atoms with Crippen LogP contribution in [0.1, 0.15) is 37.6 Å². The molecule has 23 heavy (non-hydrogen) atoms. The van der Waals surface area contributed by atoms with Crippen molar-refractivity contribution in [3.63, 3.8) is 0 Å². The predicted molar refractivity (Wildman–Crippen MR) is 86.1 cm³/mol. The fraction of sp³-hybridized carbons (Fsp3) is 0.471. The molecule has 124 valence electrons. The topological polar surface area (TPSA) is 71.4 Å². The van der Waals surface area contributed by atoms with Gasteiger partial charge in [0.25, 0.3) is 0 Å². The standard InChI is InChI=1S/C17H20ClNO4/c1-4-14(20)17(3)11(2)13(10-19(17,18)16(22)23)15(21)12-8-6-5-7-9-12/h5-9,11,13H,4,10H2,1-3H3/p+1/t11?,13?,17-,19?/m1/s1. The van der Waals surface area contributed by atoms with Gasteiger partial charge in [0.1, 0.15) is 6.54 Å². The van der Waals surface area contributed by atoms with Crippen molar-refractivity contribution in [2.45, 2.75) is 32.7 Å². The van der Waals surface area contributed by atoms with Crippen molar-refractivity contribution in [2.75, 3.05) is 6.54 Å². The largest absolute Gasteiger partial charge is 0.532 e. The minimum atomic E-state index is -1.34. The summed E-state index contributed by atoms with van der Waals surface area (Å²) in [5, 5.41) is 9.62. The molecule has 1 aliphatic rings. The van der Waals surface area contributed by atoms with Crippen LogP contribution in [-0.2, 0) is 4.79 Å². The van der Waals surface area contributed by atoms with Gasteiger partial charge in [0, 0.05) is 24.8 Å². The van der Waals surface area contributed by atoms with E-state index >= 15 is 0 Å². The number of carbonyl (C=O) groups excluding carboxylic acids is 2. The Hall–Kier alpha value is -1.72. The predicted octanol–water partition coefficient (Wildman–Crippen LogP) is 3.52. The van der Waals surface area contributed by atoms with Gasteiger partial charge in [-0.25, -0.2) is 0 Å². The summed E-state index contributed by atoms with van der Waals surface area (Å²) in [7, 11) is 0. The molecule has 0 spiro atoms. The third kappa shape index (κ3) is 2.48.